The molecular weight excluding hydrogens is 661 g/mol. The molecule has 238 valence electrons. The Morgan fingerprint density at radius 1 is 0.471 bits per heavy atom. The van der Waals surface area contributed by atoms with Crippen LogP contribution in [0.2, 0.25) is 0 Å². The molecule has 0 amide bonds. The zero-order valence-electron chi connectivity index (χ0n) is 41.9. The number of nitrogens with zero attached hydrogens (tertiary/aromatic N) is 4. The predicted molar refractivity (Wildman–Crippen MR) is 216 cm³/mol. The number of fused-ring (bicyclic) bond motifs is 10. The smallest absolute Gasteiger partial charge is 0.238 e. The number of hydrogen-bond donors (Lipinski definition) is 0. The van der Waals surface area contributed by atoms with E-state index in [4.69, 9.17) is 32.8 Å². The molecule has 4 aromatic heterocycles. The highest BCUT2D eigenvalue weighted by Crippen LogP contribution is 2.44. The van der Waals surface area contributed by atoms with Crippen molar-refractivity contribution in [2.24, 2.45) is 0 Å². The molecule has 0 aliphatic rings. The highest BCUT2D eigenvalue weighted by atomic mass is 32.1. The van der Waals surface area contributed by atoms with Crippen LogP contribution in [0, 0.1) is 0 Å². The lowest BCUT2D eigenvalue weighted by Gasteiger charge is -2.12. The first-order valence-electron chi connectivity index (χ1n) is 23.6. The second-order valence-electron chi connectivity index (χ2n) is 11.6. The summed E-state index contributed by atoms with van der Waals surface area (Å²) in [5.74, 6) is -0.912. The third-order valence-corrected chi connectivity index (χ3v) is 11.1. The molecule has 0 atom stereocenters. The third-order valence-electron chi connectivity index (χ3n) is 8.76. The summed E-state index contributed by atoms with van der Waals surface area (Å²) < 4.78 is 145. The van der Waals surface area contributed by atoms with Crippen LogP contribution < -0.4 is 0 Å². The number of hydrogen-bond acceptors (Lipinski definition) is 5. The Bertz CT molecular complexity index is 4060. The summed E-state index contributed by atoms with van der Waals surface area (Å²) in [6, 6.07) is 9.13. The Morgan fingerprint density at radius 3 is 2.14 bits per heavy atom. The van der Waals surface area contributed by atoms with E-state index in [-0.39, 0.29) is 37.5 Å². The molecule has 0 bridgehead atoms. The van der Waals surface area contributed by atoms with Crippen molar-refractivity contribution in [1.29, 1.82) is 0 Å². The van der Waals surface area contributed by atoms with Crippen molar-refractivity contribution in [3.8, 4) is 39.9 Å². The summed E-state index contributed by atoms with van der Waals surface area (Å²) in [6.45, 7) is 0. The zero-order valence-corrected chi connectivity index (χ0v) is 27.5. The molecule has 51 heavy (non-hydrogen) atoms. The van der Waals surface area contributed by atoms with Crippen LogP contribution in [0.4, 0.5) is 0 Å². The maximum absolute atomic E-state index is 9.58. The molecular formula is C45H26N4S2. The zero-order chi connectivity index (χ0) is 47.4. The normalized spacial score (nSPS) is 16.3. The van der Waals surface area contributed by atoms with Gasteiger partial charge in [0.2, 0.25) is 5.95 Å². The lowest BCUT2D eigenvalue weighted by molar-refractivity contribution is 0.955. The summed E-state index contributed by atoms with van der Waals surface area (Å²) in [5, 5.41) is 3.62. The number of para-hydroxylation sites is 1. The fraction of sp³-hybridized carbons (Fsp3) is 0. The minimum atomic E-state index is -0.774. The Labute approximate surface area is 323 Å². The number of benzene rings is 7. The average Bonchev–Trinajstić information content (AvgIpc) is 4.01. The topological polar surface area (TPSA) is 43.6 Å². The standard InChI is InChI=1S/C45H26N4S2/c1-2-12-27(13-3-1)28-14-10-15-29(26-28)43-46-44(35-20-11-19-32-30-16-5-8-22-38(30)50-41(32)35)48-45(47-43)49-36-21-7-4-18-34(36)40-37(49)25-24-33-31-17-6-9-23-39(31)51-42(33)40/h1-26H/i1D,2D,3D,5D,8D,10D,11D,12D,13D,14D,15D,16D,19D,20D,22D,26D. The van der Waals surface area contributed by atoms with Gasteiger partial charge in [-0.1, -0.05) is 121 Å². The first-order valence-corrected chi connectivity index (χ1v) is 17.3. The van der Waals surface area contributed by atoms with Gasteiger partial charge in [-0.2, -0.15) is 9.97 Å². The van der Waals surface area contributed by atoms with Crippen LogP contribution in [0.1, 0.15) is 21.9 Å². The van der Waals surface area contributed by atoms with Gasteiger partial charge in [-0.05, 0) is 47.5 Å². The van der Waals surface area contributed by atoms with Crippen LogP contribution in [-0.4, -0.2) is 19.5 Å². The largest absolute Gasteiger partial charge is 0.278 e. The van der Waals surface area contributed by atoms with Crippen LogP contribution in [0.3, 0.4) is 0 Å². The van der Waals surface area contributed by atoms with E-state index < -0.39 is 119 Å². The second-order valence-corrected chi connectivity index (χ2v) is 13.7. The third kappa shape index (κ3) is 4.40. The van der Waals surface area contributed by atoms with Crippen LogP contribution in [-0.2, 0) is 0 Å². The molecule has 4 nitrogen and oxygen atoms in total. The molecule has 0 saturated heterocycles. The lowest BCUT2D eigenvalue weighted by Crippen LogP contribution is -2.06. The van der Waals surface area contributed by atoms with E-state index in [2.05, 4.69) is 0 Å². The van der Waals surface area contributed by atoms with Gasteiger partial charge in [0.05, 0.1) is 33.0 Å². The van der Waals surface area contributed by atoms with E-state index in [1.807, 2.05) is 60.7 Å². The Morgan fingerprint density at radius 2 is 1.20 bits per heavy atom. The quantitative estimate of drug-likeness (QED) is 0.183. The molecule has 0 N–H and O–H groups in total. The molecule has 0 saturated carbocycles. The van der Waals surface area contributed by atoms with Crippen molar-refractivity contribution < 1.29 is 21.9 Å². The number of thiophene rings is 2. The van der Waals surface area contributed by atoms with E-state index in [1.54, 1.807) is 15.9 Å². The first-order chi connectivity index (χ1) is 31.9. The van der Waals surface area contributed by atoms with Gasteiger partial charge < -0.3 is 0 Å². The predicted octanol–water partition coefficient (Wildman–Crippen LogP) is 12.7. The molecule has 0 radical (unpaired) electrons. The summed E-state index contributed by atoms with van der Waals surface area (Å²) in [4.78, 5) is 14.6. The van der Waals surface area contributed by atoms with Crippen molar-refractivity contribution in [2.45, 2.75) is 0 Å². The second kappa shape index (κ2) is 11.2. The molecule has 0 unspecified atom stereocenters. The van der Waals surface area contributed by atoms with Crippen molar-refractivity contribution >= 4 is 84.8 Å². The Hall–Kier alpha value is -6.21. The monoisotopic (exact) mass is 702 g/mol. The fourth-order valence-electron chi connectivity index (χ4n) is 6.58. The van der Waals surface area contributed by atoms with Crippen molar-refractivity contribution in [2.75, 3.05) is 0 Å². The van der Waals surface area contributed by atoms with Gasteiger partial charge in [-0.3, -0.25) is 4.57 Å². The van der Waals surface area contributed by atoms with Crippen molar-refractivity contribution in [1.82, 2.24) is 19.5 Å². The van der Waals surface area contributed by atoms with Crippen molar-refractivity contribution in [3.05, 3.63) is 157 Å². The van der Waals surface area contributed by atoms with Gasteiger partial charge in [0, 0.05) is 62.2 Å². The SMILES string of the molecule is [2H]c1c([2H])c([2H])c(-c2c([2H])c([2H])c([2H])c(-c3nc(-c4c([2H])c([2H])c([2H])c5c4sc4c([2H])c([2H])c([2H])c([2H])c45)nc(-n4c5ccccc5c5c6sc7ccccc7c6ccc54)n3)c2[2H])c([2H])c1[2H]. The van der Waals surface area contributed by atoms with Crippen LogP contribution in [0.25, 0.3) is 102 Å². The number of aromatic nitrogens is 4. The van der Waals surface area contributed by atoms with E-state index in [0.717, 1.165) is 42.3 Å². The van der Waals surface area contributed by atoms with Gasteiger partial charge in [0.25, 0.3) is 0 Å². The first kappa shape index (κ1) is 17.1. The van der Waals surface area contributed by atoms with E-state index in [0.29, 0.717) is 11.0 Å². The molecule has 4 heterocycles. The highest BCUT2D eigenvalue weighted by Gasteiger charge is 2.22. The van der Waals surface area contributed by atoms with E-state index >= 15 is 0 Å². The van der Waals surface area contributed by atoms with Gasteiger partial charge >= 0.3 is 0 Å². The lowest BCUT2D eigenvalue weighted by atomic mass is 10.0. The molecule has 0 spiro atoms. The van der Waals surface area contributed by atoms with Gasteiger partial charge in [-0.15, -0.1) is 22.7 Å². The Balaban J connectivity index is 1.31. The van der Waals surface area contributed by atoms with Crippen LogP contribution in [0.5, 0.6) is 0 Å². The summed E-state index contributed by atoms with van der Waals surface area (Å²) >= 11 is 2.45. The van der Waals surface area contributed by atoms with Crippen molar-refractivity contribution in [3.63, 3.8) is 0 Å². The van der Waals surface area contributed by atoms with Crippen LogP contribution >= 0.6 is 22.7 Å². The minimum Gasteiger partial charge on any atom is -0.278 e. The summed E-state index contributed by atoms with van der Waals surface area (Å²) in [7, 11) is 0. The molecule has 11 rings (SSSR count). The maximum atomic E-state index is 9.58. The molecule has 7 aromatic carbocycles. The van der Waals surface area contributed by atoms with Gasteiger partial charge in [-0.25, -0.2) is 4.98 Å². The average molecular weight is 703 g/mol. The molecule has 0 fully saturated rings. The molecule has 0 aliphatic carbocycles. The molecule has 6 heteroatoms. The van der Waals surface area contributed by atoms with Crippen LogP contribution in [0.15, 0.2) is 157 Å². The van der Waals surface area contributed by atoms with E-state index in [9.17, 15) is 4.11 Å². The number of rotatable bonds is 4. The molecule has 11 aromatic rings. The maximum Gasteiger partial charge on any atom is 0.238 e. The summed E-state index contributed by atoms with van der Waals surface area (Å²) in [5.41, 5.74) is -0.530. The van der Waals surface area contributed by atoms with E-state index in [1.165, 1.54) is 0 Å². The fourth-order valence-corrected chi connectivity index (χ4v) is 8.90. The highest BCUT2D eigenvalue weighted by molar-refractivity contribution is 7.27. The summed E-state index contributed by atoms with van der Waals surface area (Å²) in [6.07, 6.45) is 0. The van der Waals surface area contributed by atoms with Gasteiger partial charge in [0.1, 0.15) is 0 Å². The molecule has 0 aliphatic heterocycles. The minimum absolute atomic E-state index is 0.0370. The van der Waals surface area contributed by atoms with Gasteiger partial charge in [0.15, 0.2) is 11.6 Å². The Kier molecular flexibility index (Phi) is 3.75.